The maximum absolute atomic E-state index is 13.1. The van der Waals surface area contributed by atoms with Crippen molar-refractivity contribution < 1.29 is 18.0 Å². The van der Waals surface area contributed by atoms with Crippen LogP contribution >= 0.6 is 11.6 Å². The van der Waals surface area contributed by atoms with Gasteiger partial charge < -0.3 is 10.2 Å². The molecule has 0 fully saturated rings. The highest BCUT2D eigenvalue weighted by molar-refractivity contribution is 7.88. The lowest BCUT2D eigenvalue weighted by Crippen LogP contribution is -2.46. The molecule has 0 unspecified atom stereocenters. The minimum absolute atomic E-state index is 0.112. The van der Waals surface area contributed by atoms with Crippen molar-refractivity contribution in [2.45, 2.75) is 12.6 Å². The molecule has 2 rings (SSSR count). The van der Waals surface area contributed by atoms with Crippen LogP contribution in [0.15, 0.2) is 54.6 Å². The molecule has 0 aromatic heterocycles. The highest BCUT2D eigenvalue weighted by Gasteiger charge is 2.32. The van der Waals surface area contributed by atoms with Gasteiger partial charge in [0.25, 0.3) is 0 Å². The van der Waals surface area contributed by atoms with E-state index in [2.05, 4.69) is 5.32 Å². The molecule has 0 saturated heterocycles. The number of hydrogen-bond donors (Lipinski definition) is 1. The second kappa shape index (κ2) is 9.87. The van der Waals surface area contributed by atoms with Gasteiger partial charge in [-0.1, -0.05) is 54.1 Å². The number of amides is 2. The van der Waals surface area contributed by atoms with Crippen LogP contribution in [0.2, 0.25) is 5.02 Å². The van der Waals surface area contributed by atoms with Crippen LogP contribution in [0, 0.1) is 0 Å². The zero-order valence-electron chi connectivity index (χ0n) is 16.5. The van der Waals surface area contributed by atoms with E-state index >= 15 is 0 Å². The minimum atomic E-state index is -3.56. The molecule has 2 aromatic carbocycles. The summed E-state index contributed by atoms with van der Waals surface area (Å²) in [5, 5.41) is 3.14. The van der Waals surface area contributed by atoms with Crippen LogP contribution in [0.25, 0.3) is 0 Å². The molecule has 29 heavy (non-hydrogen) atoms. The first-order chi connectivity index (χ1) is 13.6. The van der Waals surface area contributed by atoms with Crippen molar-refractivity contribution >= 4 is 33.4 Å². The van der Waals surface area contributed by atoms with Crippen LogP contribution in [-0.2, 0) is 26.2 Å². The molecule has 0 aliphatic heterocycles. The smallest absolute Gasteiger partial charge is 0.247 e. The molecule has 2 amide bonds. The van der Waals surface area contributed by atoms with Crippen LogP contribution in [0.3, 0.4) is 0 Å². The minimum Gasteiger partial charge on any atom is -0.357 e. The van der Waals surface area contributed by atoms with E-state index in [1.165, 1.54) is 19.0 Å². The molecule has 0 aliphatic rings. The average molecular weight is 438 g/mol. The summed E-state index contributed by atoms with van der Waals surface area (Å²) in [5.74, 6) is -0.870. The topological polar surface area (TPSA) is 86.8 Å². The predicted molar refractivity (Wildman–Crippen MR) is 113 cm³/mol. The number of halogens is 1. The van der Waals surface area contributed by atoms with E-state index < -0.39 is 22.0 Å². The maximum atomic E-state index is 13.1. The number of sulfonamides is 1. The number of carbonyl (C=O) groups is 2. The van der Waals surface area contributed by atoms with Gasteiger partial charge in [-0.15, -0.1) is 0 Å². The summed E-state index contributed by atoms with van der Waals surface area (Å²) in [4.78, 5) is 27.2. The second-order valence-corrected chi connectivity index (χ2v) is 9.12. The molecular formula is C20H24ClN3O4S. The molecule has 1 atom stereocenters. The van der Waals surface area contributed by atoms with Crippen molar-refractivity contribution in [3.8, 4) is 0 Å². The van der Waals surface area contributed by atoms with Crippen molar-refractivity contribution in [2.75, 3.05) is 26.9 Å². The zero-order valence-corrected chi connectivity index (χ0v) is 18.1. The Hall–Kier alpha value is -2.42. The van der Waals surface area contributed by atoms with Crippen LogP contribution in [-0.4, -0.2) is 56.3 Å². The van der Waals surface area contributed by atoms with Gasteiger partial charge in [-0.25, -0.2) is 8.42 Å². The van der Waals surface area contributed by atoms with Gasteiger partial charge in [0.15, 0.2) is 0 Å². The molecule has 0 aliphatic carbocycles. The van der Waals surface area contributed by atoms with E-state index in [9.17, 15) is 18.0 Å². The lowest BCUT2D eigenvalue weighted by atomic mass is 10.0. The van der Waals surface area contributed by atoms with E-state index in [1.807, 2.05) is 6.07 Å². The number of benzene rings is 2. The summed E-state index contributed by atoms with van der Waals surface area (Å²) in [5.41, 5.74) is 1.38. The third-order valence-corrected chi connectivity index (χ3v) is 5.95. The lowest BCUT2D eigenvalue weighted by molar-refractivity contribution is -0.141. The summed E-state index contributed by atoms with van der Waals surface area (Å²) in [6, 6.07) is 14.9. The summed E-state index contributed by atoms with van der Waals surface area (Å²) in [6.45, 7) is -0.270. The van der Waals surface area contributed by atoms with Gasteiger partial charge >= 0.3 is 0 Å². The number of nitrogens with one attached hydrogen (secondary N) is 1. The van der Waals surface area contributed by atoms with Crippen LogP contribution in [0.1, 0.15) is 17.2 Å². The van der Waals surface area contributed by atoms with Crippen LogP contribution in [0.4, 0.5) is 0 Å². The standard InChI is InChI=1S/C20H24ClN3O4S/c1-22-20(26)19(16-7-5-4-6-8-16)24(13-15-9-11-17(21)12-10-15)18(25)14-23(2)29(3,27)28/h4-12,19H,13-14H2,1-3H3,(H,22,26)/t19-/m0/s1. The third-order valence-electron chi connectivity index (χ3n) is 4.43. The van der Waals surface area contributed by atoms with Crippen molar-refractivity contribution in [1.82, 2.24) is 14.5 Å². The molecule has 7 nitrogen and oxygen atoms in total. The highest BCUT2D eigenvalue weighted by Crippen LogP contribution is 2.24. The number of hydrogen-bond acceptors (Lipinski definition) is 4. The summed E-state index contributed by atoms with van der Waals surface area (Å²) < 4.78 is 24.5. The van der Waals surface area contributed by atoms with E-state index in [0.29, 0.717) is 10.6 Å². The first-order valence-electron chi connectivity index (χ1n) is 8.85. The van der Waals surface area contributed by atoms with Gasteiger partial charge in [0.1, 0.15) is 6.04 Å². The van der Waals surface area contributed by atoms with E-state index in [1.54, 1.807) is 48.5 Å². The summed E-state index contributed by atoms with van der Waals surface area (Å²) in [6.07, 6.45) is 1.03. The molecule has 9 heteroatoms. The lowest BCUT2D eigenvalue weighted by Gasteiger charge is -2.32. The van der Waals surface area contributed by atoms with Crippen LogP contribution < -0.4 is 5.32 Å². The number of nitrogens with zero attached hydrogens (tertiary/aromatic N) is 2. The van der Waals surface area contributed by atoms with Gasteiger partial charge in [0, 0.05) is 25.7 Å². The molecule has 156 valence electrons. The molecule has 0 bridgehead atoms. The fourth-order valence-corrected chi connectivity index (χ4v) is 3.22. The first kappa shape index (κ1) is 22.9. The quantitative estimate of drug-likeness (QED) is 0.684. The molecular weight excluding hydrogens is 414 g/mol. The first-order valence-corrected chi connectivity index (χ1v) is 11.1. The molecule has 1 N–H and O–H groups in total. The average Bonchev–Trinajstić information content (AvgIpc) is 2.68. The van der Waals surface area contributed by atoms with E-state index in [4.69, 9.17) is 11.6 Å². The summed E-state index contributed by atoms with van der Waals surface area (Å²) in [7, 11) is -0.742. The Bertz CT molecular complexity index is 949. The van der Waals surface area contributed by atoms with Crippen molar-refractivity contribution in [3.05, 3.63) is 70.7 Å². The fourth-order valence-electron chi connectivity index (χ4n) is 2.75. The van der Waals surface area contributed by atoms with Crippen LogP contribution in [0.5, 0.6) is 0 Å². The third kappa shape index (κ3) is 6.28. The Labute approximate surface area is 176 Å². The Morgan fingerprint density at radius 3 is 2.17 bits per heavy atom. The molecule has 0 spiro atoms. The fraction of sp³-hybridized carbons (Fsp3) is 0.300. The van der Waals surface area contributed by atoms with Gasteiger partial charge in [-0.05, 0) is 23.3 Å². The van der Waals surface area contributed by atoms with E-state index in [-0.39, 0.29) is 19.0 Å². The van der Waals surface area contributed by atoms with Gasteiger partial charge in [0.05, 0.1) is 12.8 Å². The molecule has 0 saturated carbocycles. The Kier molecular flexibility index (Phi) is 7.78. The number of likely N-dealkylation sites (N-methyl/N-ethyl adjacent to an activating group) is 2. The number of carbonyl (C=O) groups excluding carboxylic acids is 2. The normalized spacial score (nSPS) is 12.4. The SMILES string of the molecule is CNC(=O)[C@H](c1ccccc1)N(Cc1ccc(Cl)cc1)C(=O)CN(C)S(C)(=O)=O. The van der Waals surface area contributed by atoms with Crippen molar-refractivity contribution in [2.24, 2.45) is 0 Å². The molecule has 2 aromatic rings. The van der Waals surface area contributed by atoms with Gasteiger partial charge in [0.2, 0.25) is 21.8 Å². The Morgan fingerprint density at radius 2 is 1.66 bits per heavy atom. The highest BCUT2D eigenvalue weighted by atomic mass is 35.5. The Morgan fingerprint density at radius 1 is 1.07 bits per heavy atom. The number of rotatable bonds is 8. The molecule has 0 radical (unpaired) electrons. The predicted octanol–water partition coefficient (Wildman–Crippen LogP) is 2.05. The van der Waals surface area contributed by atoms with Gasteiger partial charge in [-0.3, -0.25) is 9.59 Å². The maximum Gasteiger partial charge on any atom is 0.247 e. The second-order valence-electron chi connectivity index (χ2n) is 6.59. The monoisotopic (exact) mass is 437 g/mol. The molecule has 0 heterocycles. The summed E-state index contributed by atoms with van der Waals surface area (Å²) >= 11 is 5.94. The van der Waals surface area contributed by atoms with Crippen molar-refractivity contribution in [1.29, 1.82) is 0 Å². The Balaban J connectivity index is 2.46. The van der Waals surface area contributed by atoms with Gasteiger partial charge in [-0.2, -0.15) is 4.31 Å². The largest absolute Gasteiger partial charge is 0.357 e. The zero-order chi connectivity index (χ0) is 21.6. The van der Waals surface area contributed by atoms with Crippen molar-refractivity contribution in [3.63, 3.8) is 0 Å². The van der Waals surface area contributed by atoms with E-state index in [0.717, 1.165) is 16.1 Å².